The molecule has 5 aromatic rings. The molecule has 0 saturated heterocycles. The molecule has 1 aromatic heterocycles. The summed E-state index contributed by atoms with van der Waals surface area (Å²) in [6.07, 6.45) is 4.19. The van der Waals surface area contributed by atoms with E-state index in [0.29, 0.717) is 17.8 Å². The standard InChI is InChI=1S/C32H27N5O3/c38-30(36-40)22-16-17-27-28(18-22)35-31(39)29(34-27)19-26-20-37(21-33-26)32(23-10-4-1-5-11-23,24-12-6-2-7-13-24)25-14-8-3-9-15-25/h1-18,20-21,29,34,40H,19H2,(H,35,39)(H,36,38)/t29-/m0/s1. The summed E-state index contributed by atoms with van der Waals surface area (Å²) >= 11 is 0. The molecule has 0 aliphatic carbocycles. The van der Waals surface area contributed by atoms with Gasteiger partial charge in [-0.15, -0.1) is 0 Å². The molecule has 2 heterocycles. The molecule has 1 aliphatic rings. The highest BCUT2D eigenvalue weighted by atomic mass is 16.5. The molecule has 1 aliphatic heterocycles. The van der Waals surface area contributed by atoms with Crippen LogP contribution in [0.5, 0.6) is 0 Å². The first kappa shape index (κ1) is 25.1. The van der Waals surface area contributed by atoms with E-state index in [1.165, 1.54) is 6.07 Å². The number of rotatable bonds is 7. The first-order valence-electron chi connectivity index (χ1n) is 13.0. The third-order valence-electron chi connectivity index (χ3n) is 7.30. The fourth-order valence-corrected chi connectivity index (χ4v) is 5.44. The van der Waals surface area contributed by atoms with Crippen LogP contribution in [0.15, 0.2) is 122 Å². The maximum absolute atomic E-state index is 13.0. The Morgan fingerprint density at radius 1 is 0.850 bits per heavy atom. The molecule has 1 atom stereocenters. The van der Waals surface area contributed by atoms with E-state index >= 15 is 0 Å². The van der Waals surface area contributed by atoms with Crippen molar-refractivity contribution in [3.63, 3.8) is 0 Å². The molecule has 0 unspecified atom stereocenters. The smallest absolute Gasteiger partial charge is 0.274 e. The van der Waals surface area contributed by atoms with Crippen LogP contribution in [0.1, 0.15) is 32.7 Å². The summed E-state index contributed by atoms with van der Waals surface area (Å²) in [4.78, 5) is 29.5. The van der Waals surface area contributed by atoms with Crippen molar-refractivity contribution >= 4 is 23.2 Å². The molecule has 0 spiro atoms. The summed E-state index contributed by atoms with van der Waals surface area (Å²) < 4.78 is 2.12. The van der Waals surface area contributed by atoms with Crippen molar-refractivity contribution in [2.75, 3.05) is 10.6 Å². The van der Waals surface area contributed by atoms with Crippen molar-refractivity contribution in [3.8, 4) is 0 Å². The number of nitrogens with one attached hydrogen (secondary N) is 3. The quantitative estimate of drug-likeness (QED) is 0.137. The molecule has 0 saturated carbocycles. The predicted octanol–water partition coefficient (Wildman–Crippen LogP) is 4.82. The Morgan fingerprint density at radius 2 is 1.43 bits per heavy atom. The van der Waals surface area contributed by atoms with Gasteiger partial charge in [-0.05, 0) is 34.9 Å². The van der Waals surface area contributed by atoms with Gasteiger partial charge in [-0.3, -0.25) is 14.8 Å². The number of carbonyl (C=O) groups is 2. The molecule has 8 heteroatoms. The van der Waals surface area contributed by atoms with Crippen LogP contribution in [-0.2, 0) is 16.8 Å². The van der Waals surface area contributed by atoms with Crippen LogP contribution in [-0.4, -0.2) is 32.6 Å². The first-order chi connectivity index (χ1) is 19.6. The van der Waals surface area contributed by atoms with E-state index in [1.54, 1.807) is 17.6 Å². The van der Waals surface area contributed by atoms with Crippen LogP contribution >= 0.6 is 0 Å². The number of fused-ring (bicyclic) bond motifs is 1. The van der Waals surface area contributed by atoms with Gasteiger partial charge in [0.05, 0.1) is 23.4 Å². The molecule has 2 amide bonds. The molecule has 0 fully saturated rings. The number of aromatic nitrogens is 2. The topological polar surface area (TPSA) is 108 Å². The Balaban J connectivity index is 1.38. The molecule has 198 valence electrons. The fourth-order valence-electron chi connectivity index (χ4n) is 5.44. The summed E-state index contributed by atoms with van der Waals surface area (Å²) in [5, 5.41) is 15.0. The summed E-state index contributed by atoms with van der Waals surface area (Å²) in [5.41, 5.74) is 6.32. The van der Waals surface area contributed by atoms with Crippen LogP contribution < -0.4 is 16.1 Å². The number of anilines is 2. The monoisotopic (exact) mass is 529 g/mol. The van der Waals surface area contributed by atoms with Crippen LogP contribution in [0, 0.1) is 0 Å². The zero-order valence-electron chi connectivity index (χ0n) is 21.5. The molecule has 8 nitrogen and oxygen atoms in total. The highest BCUT2D eigenvalue weighted by Crippen LogP contribution is 2.41. The lowest BCUT2D eigenvalue weighted by Crippen LogP contribution is -2.40. The fraction of sp³-hybridized carbons (Fsp3) is 0.0938. The number of carbonyl (C=O) groups excluding carboxylic acids is 2. The number of hydroxylamine groups is 1. The minimum absolute atomic E-state index is 0.232. The Bertz CT molecular complexity index is 1560. The largest absolute Gasteiger partial charge is 0.372 e. The van der Waals surface area contributed by atoms with Gasteiger partial charge in [-0.2, -0.15) is 0 Å². The van der Waals surface area contributed by atoms with Crippen molar-refractivity contribution in [2.24, 2.45) is 0 Å². The Labute approximate surface area is 231 Å². The maximum Gasteiger partial charge on any atom is 0.274 e. The van der Waals surface area contributed by atoms with Crippen LogP contribution in [0.2, 0.25) is 0 Å². The summed E-state index contributed by atoms with van der Waals surface area (Å²) in [5.74, 6) is -0.882. The lowest BCUT2D eigenvalue weighted by molar-refractivity contribution is -0.117. The van der Waals surface area contributed by atoms with Gasteiger partial charge < -0.3 is 15.2 Å². The van der Waals surface area contributed by atoms with Gasteiger partial charge in [-0.25, -0.2) is 10.5 Å². The molecule has 40 heavy (non-hydrogen) atoms. The molecular weight excluding hydrogens is 502 g/mol. The maximum atomic E-state index is 13.0. The van der Waals surface area contributed by atoms with E-state index in [0.717, 1.165) is 22.4 Å². The zero-order chi connectivity index (χ0) is 27.5. The second-order valence-electron chi connectivity index (χ2n) is 9.67. The predicted molar refractivity (Wildman–Crippen MR) is 152 cm³/mol. The first-order valence-corrected chi connectivity index (χ1v) is 13.0. The minimum atomic E-state index is -0.687. The van der Waals surface area contributed by atoms with Crippen molar-refractivity contribution < 1.29 is 14.8 Å². The normalized spacial score (nSPS) is 14.5. The van der Waals surface area contributed by atoms with Crippen molar-refractivity contribution in [2.45, 2.75) is 18.0 Å². The lowest BCUT2D eigenvalue weighted by Gasteiger charge is -2.37. The van der Waals surface area contributed by atoms with E-state index in [1.807, 2.05) is 67.1 Å². The number of imidazole rings is 1. The van der Waals surface area contributed by atoms with E-state index in [9.17, 15) is 9.59 Å². The van der Waals surface area contributed by atoms with E-state index in [2.05, 4.69) is 51.6 Å². The Hall–Kier alpha value is -5.21. The molecule has 0 radical (unpaired) electrons. The van der Waals surface area contributed by atoms with Crippen molar-refractivity contribution in [3.05, 3.63) is 150 Å². The van der Waals surface area contributed by atoms with Gasteiger partial charge in [0.15, 0.2) is 0 Å². The van der Waals surface area contributed by atoms with Gasteiger partial charge >= 0.3 is 0 Å². The number of nitrogens with zero attached hydrogens (tertiary/aromatic N) is 2. The van der Waals surface area contributed by atoms with Gasteiger partial charge in [0, 0.05) is 18.2 Å². The van der Waals surface area contributed by atoms with Gasteiger partial charge in [0.25, 0.3) is 5.91 Å². The molecule has 4 aromatic carbocycles. The second-order valence-corrected chi connectivity index (χ2v) is 9.67. The van der Waals surface area contributed by atoms with Crippen LogP contribution in [0.4, 0.5) is 11.4 Å². The van der Waals surface area contributed by atoms with E-state index < -0.39 is 17.5 Å². The molecule has 0 bridgehead atoms. The van der Waals surface area contributed by atoms with Gasteiger partial charge in [-0.1, -0.05) is 91.0 Å². The van der Waals surface area contributed by atoms with E-state index in [4.69, 9.17) is 10.2 Å². The van der Waals surface area contributed by atoms with Gasteiger partial charge in [0.1, 0.15) is 11.6 Å². The van der Waals surface area contributed by atoms with Crippen molar-refractivity contribution in [1.82, 2.24) is 15.0 Å². The number of amides is 2. The average Bonchev–Trinajstić information content (AvgIpc) is 3.47. The second kappa shape index (κ2) is 10.5. The third-order valence-corrected chi connectivity index (χ3v) is 7.30. The zero-order valence-corrected chi connectivity index (χ0v) is 21.5. The number of hydrogen-bond acceptors (Lipinski definition) is 5. The summed E-state index contributed by atoms with van der Waals surface area (Å²) in [6, 6.07) is 35.2. The van der Waals surface area contributed by atoms with Crippen molar-refractivity contribution in [1.29, 1.82) is 0 Å². The lowest BCUT2D eigenvalue weighted by atomic mass is 9.77. The van der Waals surface area contributed by atoms with Gasteiger partial charge in [0.2, 0.25) is 5.91 Å². The highest BCUT2D eigenvalue weighted by Gasteiger charge is 2.38. The SMILES string of the molecule is O=C(NO)c1ccc2c(c1)NC(=O)[C@H](Cc1cn(C(c3ccccc3)(c3ccccc3)c3ccccc3)cn1)N2. The van der Waals surface area contributed by atoms with Crippen LogP contribution in [0.3, 0.4) is 0 Å². The Kier molecular flexibility index (Phi) is 6.59. The highest BCUT2D eigenvalue weighted by molar-refractivity contribution is 6.05. The number of benzene rings is 4. The molecule has 6 rings (SSSR count). The third kappa shape index (κ3) is 4.40. The summed E-state index contributed by atoms with van der Waals surface area (Å²) in [6.45, 7) is 0. The summed E-state index contributed by atoms with van der Waals surface area (Å²) in [7, 11) is 0. The Morgan fingerprint density at radius 3 is 1.98 bits per heavy atom. The van der Waals surface area contributed by atoms with Crippen LogP contribution in [0.25, 0.3) is 0 Å². The number of hydrogen-bond donors (Lipinski definition) is 4. The van der Waals surface area contributed by atoms with E-state index in [-0.39, 0.29) is 11.5 Å². The average molecular weight is 530 g/mol. The minimum Gasteiger partial charge on any atom is -0.372 e. The molecule has 4 N–H and O–H groups in total. The molecular formula is C32H27N5O3.